The Morgan fingerprint density at radius 3 is 2.41 bits per heavy atom. The molecule has 6 heteroatoms. The molecular formula is C11H10Br2N2O2. The Balaban J connectivity index is 2.68. The number of benzene rings is 1. The standard InChI is InChI=1S/C11H10Br2N2O2/c1-16-9-6(11-14-3-4-15-11)5-7(12)10(17-2)8(9)13/h3-5H,1-2H3,(H,14,15). The monoisotopic (exact) mass is 360 g/mol. The zero-order chi connectivity index (χ0) is 12.4. The van der Waals surface area contributed by atoms with Gasteiger partial charge in [-0.15, -0.1) is 0 Å². The van der Waals surface area contributed by atoms with Crippen LogP contribution >= 0.6 is 31.9 Å². The summed E-state index contributed by atoms with van der Waals surface area (Å²) in [6.07, 6.45) is 3.46. The molecule has 90 valence electrons. The lowest BCUT2D eigenvalue weighted by atomic mass is 10.2. The maximum Gasteiger partial charge on any atom is 0.151 e. The van der Waals surface area contributed by atoms with Gasteiger partial charge in [-0.05, 0) is 37.9 Å². The van der Waals surface area contributed by atoms with Crippen molar-refractivity contribution in [2.75, 3.05) is 14.2 Å². The van der Waals surface area contributed by atoms with Gasteiger partial charge >= 0.3 is 0 Å². The van der Waals surface area contributed by atoms with E-state index in [1.54, 1.807) is 26.6 Å². The molecule has 1 N–H and O–H groups in total. The number of nitrogens with zero attached hydrogens (tertiary/aromatic N) is 1. The molecule has 0 saturated heterocycles. The summed E-state index contributed by atoms with van der Waals surface area (Å²) < 4.78 is 12.3. The van der Waals surface area contributed by atoms with Crippen molar-refractivity contribution < 1.29 is 9.47 Å². The molecule has 0 aliphatic carbocycles. The molecule has 0 fully saturated rings. The number of aromatic amines is 1. The molecule has 4 nitrogen and oxygen atoms in total. The molecule has 2 aromatic rings. The van der Waals surface area contributed by atoms with Crippen LogP contribution in [0.4, 0.5) is 0 Å². The van der Waals surface area contributed by atoms with Gasteiger partial charge in [0.25, 0.3) is 0 Å². The molecule has 0 aliphatic rings. The van der Waals surface area contributed by atoms with Crippen LogP contribution in [0, 0.1) is 0 Å². The molecule has 1 aromatic carbocycles. The summed E-state index contributed by atoms with van der Waals surface area (Å²) in [4.78, 5) is 7.26. The summed E-state index contributed by atoms with van der Waals surface area (Å²) in [5, 5.41) is 0. The molecule has 0 spiro atoms. The van der Waals surface area contributed by atoms with E-state index in [1.165, 1.54) is 0 Å². The Bertz CT molecular complexity index is 527. The van der Waals surface area contributed by atoms with Gasteiger partial charge in [0.1, 0.15) is 16.0 Å². The van der Waals surface area contributed by atoms with Crippen molar-refractivity contribution in [3.8, 4) is 22.9 Å². The van der Waals surface area contributed by atoms with Crippen molar-refractivity contribution in [2.24, 2.45) is 0 Å². The number of hydrogen-bond acceptors (Lipinski definition) is 3. The summed E-state index contributed by atoms with van der Waals surface area (Å²) >= 11 is 6.92. The van der Waals surface area contributed by atoms with Crippen molar-refractivity contribution >= 4 is 31.9 Å². The van der Waals surface area contributed by atoms with Gasteiger partial charge in [-0.25, -0.2) is 4.98 Å². The van der Waals surface area contributed by atoms with Gasteiger partial charge in [-0.1, -0.05) is 0 Å². The highest BCUT2D eigenvalue weighted by Gasteiger charge is 2.18. The van der Waals surface area contributed by atoms with Crippen LogP contribution in [0.25, 0.3) is 11.4 Å². The lowest BCUT2D eigenvalue weighted by molar-refractivity contribution is 0.388. The molecular weight excluding hydrogens is 352 g/mol. The van der Waals surface area contributed by atoms with E-state index in [1.807, 2.05) is 6.07 Å². The van der Waals surface area contributed by atoms with Gasteiger partial charge in [-0.3, -0.25) is 0 Å². The molecule has 0 unspecified atom stereocenters. The third-order valence-corrected chi connectivity index (χ3v) is 3.60. The van der Waals surface area contributed by atoms with Crippen LogP contribution in [0.3, 0.4) is 0 Å². The first-order chi connectivity index (χ1) is 8.19. The minimum absolute atomic E-state index is 0.681. The summed E-state index contributed by atoms with van der Waals surface area (Å²) in [5.74, 6) is 2.11. The Morgan fingerprint density at radius 1 is 1.18 bits per heavy atom. The van der Waals surface area contributed by atoms with Crippen molar-refractivity contribution in [3.05, 3.63) is 27.4 Å². The van der Waals surface area contributed by atoms with Crippen molar-refractivity contribution in [1.82, 2.24) is 9.97 Å². The normalized spacial score (nSPS) is 10.4. The number of nitrogens with one attached hydrogen (secondary N) is 1. The van der Waals surface area contributed by atoms with E-state index < -0.39 is 0 Å². The van der Waals surface area contributed by atoms with Crippen LogP contribution in [0.2, 0.25) is 0 Å². The van der Waals surface area contributed by atoms with E-state index in [9.17, 15) is 0 Å². The first kappa shape index (κ1) is 12.4. The van der Waals surface area contributed by atoms with Crippen LogP contribution in [0.5, 0.6) is 11.5 Å². The third kappa shape index (κ3) is 2.19. The van der Waals surface area contributed by atoms with Gasteiger partial charge < -0.3 is 14.5 Å². The minimum atomic E-state index is 0.681. The van der Waals surface area contributed by atoms with E-state index in [4.69, 9.17) is 9.47 Å². The molecule has 2 rings (SSSR count). The number of halogens is 2. The number of methoxy groups -OCH3 is 2. The highest BCUT2D eigenvalue weighted by atomic mass is 79.9. The second-order valence-corrected chi connectivity index (χ2v) is 4.87. The zero-order valence-electron chi connectivity index (χ0n) is 9.25. The number of H-pyrrole nitrogens is 1. The largest absolute Gasteiger partial charge is 0.495 e. The first-order valence-electron chi connectivity index (χ1n) is 4.78. The fourth-order valence-corrected chi connectivity index (χ4v) is 3.17. The molecule has 0 saturated carbocycles. The predicted molar refractivity (Wildman–Crippen MR) is 72.5 cm³/mol. The van der Waals surface area contributed by atoms with E-state index in [-0.39, 0.29) is 0 Å². The summed E-state index contributed by atoms with van der Waals surface area (Å²) in [6, 6.07) is 1.90. The maximum atomic E-state index is 5.39. The van der Waals surface area contributed by atoms with Gasteiger partial charge in [0.2, 0.25) is 0 Å². The van der Waals surface area contributed by atoms with Gasteiger partial charge in [0.15, 0.2) is 5.75 Å². The van der Waals surface area contributed by atoms with Crippen LogP contribution in [0.15, 0.2) is 27.4 Å². The number of rotatable bonds is 3. The molecule has 0 aliphatic heterocycles. The lowest BCUT2D eigenvalue weighted by Gasteiger charge is -2.13. The number of imidazole rings is 1. The first-order valence-corrected chi connectivity index (χ1v) is 6.37. The Labute approximate surface area is 116 Å². The zero-order valence-corrected chi connectivity index (χ0v) is 12.4. The van der Waals surface area contributed by atoms with Crippen molar-refractivity contribution in [3.63, 3.8) is 0 Å². The van der Waals surface area contributed by atoms with E-state index >= 15 is 0 Å². The molecule has 0 radical (unpaired) electrons. The van der Waals surface area contributed by atoms with E-state index in [2.05, 4.69) is 41.8 Å². The molecule has 17 heavy (non-hydrogen) atoms. The Morgan fingerprint density at radius 2 is 1.88 bits per heavy atom. The number of ether oxygens (including phenoxy) is 2. The van der Waals surface area contributed by atoms with Gasteiger partial charge in [0, 0.05) is 12.4 Å². The molecule has 0 bridgehead atoms. The SMILES string of the molecule is COc1c(Br)cc(-c2ncc[nH]2)c(OC)c1Br. The summed E-state index contributed by atoms with van der Waals surface area (Å²) in [5.41, 5.74) is 0.858. The Hall–Kier alpha value is -1.01. The van der Waals surface area contributed by atoms with E-state index in [0.717, 1.165) is 20.3 Å². The van der Waals surface area contributed by atoms with Crippen molar-refractivity contribution in [1.29, 1.82) is 0 Å². The molecule has 0 amide bonds. The van der Waals surface area contributed by atoms with Crippen LogP contribution in [-0.2, 0) is 0 Å². The molecule has 0 atom stereocenters. The quantitative estimate of drug-likeness (QED) is 0.908. The average molecular weight is 362 g/mol. The maximum absolute atomic E-state index is 5.39. The Kier molecular flexibility index (Phi) is 3.73. The van der Waals surface area contributed by atoms with Crippen molar-refractivity contribution in [2.45, 2.75) is 0 Å². The van der Waals surface area contributed by atoms with Crippen LogP contribution in [0.1, 0.15) is 0 Å². The number of aromatic nitrogens is 2. The summed E-state index contributed by atoms with van der Waals surface area (Å²) in [7, 11) is 3.22. The van der Waals surface area contributed by atoms with Crippen LogP contribution < -0.4 is 9.47 Å². The predicted octanol–water partition coefficient (Wildman–Crippen LogP) is 3.62. The van der Waals surface area contributed by atoms with Gasteiger partial charge in [0.05, 0.1) is 24.3 Å². The lowest BCUT2D eigenvalue weighted by Crippen LogP contribution is -1.95. The average Bonchev–Trinajstić information content (AvgIpc) is 2.82. The molecule has 1 heterocycles. The smallest absolute Gasteiger partial charge is 0.151 e. The second kappa shape index (κ2) is 5.10. The fourth-order valence-electron chi connectivity index (χ4n) is 1.56. The highest BCUT2D eigenvalue weighted by Crippen LogP contribution is 2.45. The topological polar surface area (TPSA) is 47.1 Å². The molecule has 1 aromatic heterocycles. The third-order valence-electron chi connectivity index (χ3n) is 2.29. The minimum Gasteiger partial charge on any atom is -0.495 e. The number of hydrogen-bond donors (Lipinski definition) is 1. The highest BCUT2D eigenvalue weighted by molar-refractivity contribution is 9.11. The second-order valence-electron chi connectivity index (χ2n) is 3.22. The summed E-state index contributed by atoms with van der Waals surface area (Å²) in [6.45, 7) is 0. The fraction of sp³-hybridized carbons (Fsp3) is 0.182. The van der Waals surface area contributed by atoms with E-state index in [0.29, 0.717) is 11.5 Å². The van der Waals surface area contributed by atoms with Crippen LogP contribution in [-0.4, -0.2) is 24.2 Å². The van der Waals surface area contributed by atoms with Gasteiger partial charge in [-0.2, -0.15) is 0 Å².